The van der Waals surface area contributed by atoms with Crippen molar-refractivity contribution in [2.24, 2.45) is 13.0 Å². The van der Waals surface area contributed by atoms with E-state index in [2.05, 4.69) is 5.32 Å². The van der Waals surface area contributed by atoms with Crippen molar-refractivity contribution in [2.75, 3.05) is 13.1 Å². The Balaban J connectivity index is 1.49. The van der Waals surface area contributed by atoms with Crippen LogP contribution < -0.4 is 11.1 Å². The third kappa shape index (κ3) is 3.90. The maximum absolute atomic E-state index is 13.1. The molecule has 2 aromatic carbocycles. The summed E-state index contributed by atoms with van der Waals surface area (Å²) in [5, 5.41) is 2.90. The zero-order valence-corrected chi connectivity index (χ0v) is 17.4. The Hall–Kier alpha value is -2.91. The van der Waals surface area contributed by atoms with Crippen LogP contribution in [0.2, 0.25) is 0 Å². The number of nitrogens with one attached hydrogen (secondary N) is 1. The number of aromatic nitrogens is 1. The number of hydrogen-bond acceptors (Lipinski definition) is 5. The smallest absolute Gasteiger partial charge is 0.408 e. The molecule has 4 rings (SSSR count). The summed E-state index contributed by atoms with van der Waals surface area (Å²) in [5.74, 6) is -1.11. The van der Waals surface area contributed by atoms with Crippen molar-refractivity contribution in [1.29, 1.82) is 0 Å². The number of sulfonamides is 1. The number of amides is 1. The van der Waals surface area contributed by atoms with Gasteiger partial charge in [0, 0.05) is 32.7 Å². The summed E-state index contributed by atoms with van der Waals surface area (Å²) in [6.07, 6.45) is 1.24. The second kappa shape index (κ2) is 8.08. The molecule has 1 saturated heterocycles. The molecule has 8 nitrogen and oxygen atoms in total. The molecule has 1 atom stereocenters. The van der Waals surface area contributed by atoms with Crippen LogP contribution in [0.1, 0.15) is 18.4 Å². The van der Waals surface area contributed by atoms with Gasteiger partial charge in [-0.2, -0.15) is 4.31 Å². The van der Waals surface area contributed by atoms with Crippen LogP contribution in [-0.4, -0.2) is 36.3 Å². The molecule has 0 radical (unpaired) electrons. The topological polar surface area (TPSA) is 102 Å². The summed E-state index contributed by atoms with van der Waals surface area (Å²) in [6.45, 7) is 0.883. The number of piperidine rings is 1. The van der Waals surface area contributed by atoms with E-state index in [1.54, 1.807) is 13.1 Å². The summed E-state index contributed by atoms with van der Waals surface area (Å²) in [7, 11) is -2.25. The molecule has 1 fully saturated rings. The molecule has 0 saturated carbocycles. The van der Waals surface area contributed by atoms with E-state index in [1.165, 1.54) is 21.0 Å². The lowest BCUT2D eigenvalue weighted by Crippen LogP contribution is -2.45. The lowest BCUT2D eigenvalue weighted by atomic mass is 9.99. The van der Waals surface area contributed by atoms with Gasteiger partial charge in [0.1, 0.15) is 0 Å². The molecule has 2 heterocycles. The van der Waals surface area contributed by atoms with Crippen molar-refractivity contribution >= 4 is 27.0 Å². The average Bonchev–Trinajstić information content (AvgIpc) is 3.06. The molecule has 9 heteroatoms. The zero-order chi connectivity index (χ0) is 21.3. The Morgan fingerprint density at radius 1 is 1.20 bits per heavy atom. The van der Waals surface area contributed by atoms with Crippen molar-refractivity contribution in [3.8, 4) is 0 Å². The first-order valence-corrected chi connectivity index (χ1v) is 11.2. The van der Waals surface area contributed by atoms with Gasteiger partial charge in [0.2, 0.25) is 15.9 Å². The Kier molecular flexibility index (Phi) is 5.48. The molecule has 1 aliphatic rings. The number of carbonyl (C=O) groups excluding carboxylic acids is 1. The van der Waals surface area contributed by atoms with Gasteiger partial charge < -0.3 is 9.73 Å². The normalized spacial score (nSPS) is 17.8. The Bertz CT molecular complexity index is 1230. The summed E-state index contributed by atoms with van der Waals surface area (Å²) < 4.78 is 34.0. The van der Waals surface area contributed by atoms with Crippen LogP contribution in [0, 0.1) is 5.92 Å². The number of oxazole rings is 1. The first-order valence-electron chi connectivity index (χ1n) is 9.77. The summed E-state index contributed by atoms with van der Waals surface area (Å²) in [5.41, 5.74) is 1.73. The first-order chi connectivity index (χ1) is 14.4. The van der Waals surface area contributed by atoms with E-state index < -0.39 is 21.7 Å². The lowest BCUT2D eigenvalue weighted by Gasteiger charge is -2.31. The lowest BCUT2D eigenvalue weighted by molar-refractivity contribution is -0.126. The van der Waals surface area contributed by atoms with Crippen molar-refractivity contribution in [3.05, 3.63) is 64.6 Å². The molecule has 1 amide bonds. The molecule has 1 N–H and O–H groups in total. The summed E-state index contributed by atoms with van der Waals surface area (Å²) in [4.78, 5) is 24.3. The van der Waals surface area contributed by atoms with Crippen LogP contribution >= 0.6 is 0 Å². The largest absolute Gasteiger partial charge is 0.419 e. The number of hydrogen-bond donors (Lipinski definition) is 1. The van der Waals surface area contributed by atoms with Crippen LogP contribution in [0.4, 0.5) is 0 Å². The predicted octanol–water partition coefficient (Wildman–Crippen LogP) is 1.85. The number of benzene rings is 2. The minimum absolute atomic E-state index is 0.0506. The third-order valence-electron chi connectivity index (χ3n) is 5.47. The minimum atomic E-state index is -3.81. The molecule has 30 heavy (non-hydrogen) atoms. The van der Waals surface area contributed by atoms with E-state index in [-0.39, 0.29) is 22.9 Å². The average molecular weight is 429 g/mol. The molecule has 0 aliphatic carbocycles. The van der Waals surface area contributed by atoms with Crippen molar-refractivity contribution in [1.82, 2.24) is 14.2 Å². The standard InChI is InChI=1S/C21H23N3O5S/c1-23-18-10-9-17(12-19(18)29-21(23)26)30(27,28)24-11-5-8-16(14-24)20(25)22-13-15-6-3-2-4-7-15/h2-4,6-7,9-10,12,16H,5,8,11,13-14H2,1H3,(H,22,25). The van der Waals surface area contributed by atoms with Gasteiger partial charge in [0.15, 0.2) is 5.58 Å². The second-order valence-corrected chi connectivity index (χ2v) is 9.40. The van der Waals surface area contributed by atoms with Gasteiger partial charge in [-0.05, 0) is 30.5 Å². The van der Waals surface area contributed by atoms with E-state index in [4.69, 9.17) is 4.42 Å². The van der Waals surface area contributed by atoms with Gasteiger partial charge in [0.25, 0.3) is 0 Å². The van der Waals surface area contributed by atoms with Crippen LogP contribution in [0.15, 0.2) is 62.6 Å². The SMILES string of the molecule is Cn1c(=O)oc2cc(S(=O)(=O)N3CCCC(C(=O)NCc4ccccc4)C3)ccc21. The van der Waals surface area contributed by atoms with E-state index in [1.807, 2.05) is 30.3 Å². The Morgan fingerprint density at radius 3 is 2.73 bits per heavy atom. The highest BCUT2D eigenvalue weighted by molar-refractivity contribution is 7.89. The quantitative estimate of drug-likeness (QED) is 0.667. The maximum Gasteiger partial charge on any atom is 0.419 e. The van der Waals surface area contributed by atoms with Crippen LogP contribution in [0.5, 0.6) is 0 Å². The van der Waals surface area contributed by atoms with Crippen molar-refractivity contribution in [2.45, 2.75) is 24.3 Å². The fraction of sp³-hybridized carbons (Fsp3) is 0.333. The Morgan fingerprint density at radius 2 is 1.97 bits per heavy atom. The monoisotopic (exact) mass is 429 g/mol. The fourth-order valence-corrected chi connectivity index (χ4v) is 5.27. The van der Waals surface area contributed by atoms with Crippen molar-refractivity contribution in [3.63, 3.8) is 0 Å². The number of carbonyl (C=O) groups is 1. The number of nitrogens with zero attached hydrogens (tertiary/aromatic N) is 2. The number of aryl methyl sites for hydroxylation is 1. The van der Waals surface area contributed by atoms with E-state index >= 15 is 0 Å². The predicted molar refractivity (Wildman–Crippen MR) is 111 cm³/mol. The van der Waals surface area contributed by atoms with Crippen LogP contribution in [0.25, 0.3) is 11.1 Å². The first kappa shape index (κ1) is 20.4. The fourth-order valence-electron chi connectivity index (χ4n) is 3.73. The van der Waals surface area contributed by atoms with Gasteiger partial charge in [-0.25, -0.2) is 13.2 Å². The molecular formula is C21H23N3O5S. The van der Waals surface area contributed by atoms with E-state index in [0.717, 1.165) is 5.56 Å². The van der Waals surface area contributed by atoms with Gasteiger partial charge in [0.05, 0.1) is 16.3 Å². The highest BCUT2D eigenvalue weighted by Gasteiger charge is 2.33. The molecule has 1 aliphatic heterocycles. The molecule has 1 aromatic heterocycles. The van der Waals surface area contributed by atoms with Crippen molar-refractivity contribution < 1.29 is 17.6 Å². The third-order valence-corrected chi connectivity index (χ3v) is 7.33. The van der Waals surface area contributed by atoms with Gasteiger partial charge in [-0.1, -0.05) is 30.3 Å². The summed E-state index contributed by atoms with van der Waals surface area (Å²) in [6, 6.07) is 14.0. The molecule has 0 spiro atoms. The summed E-state index contributed by atoms with van der Waals surface area (Å²) >= 11 is 0. The molecule has 3 aromatic rings. The van der Waals surface area contributed by atoms with Gasteiger partial charge >= 0.3 is 5.76 Å². The van der Waals surface area contributed by atoms with Crippen LogP contribution in [0.3, 0.4) is 0 Å². The van der Waals surface area contributed by atoms with Crippen LogP contribution in [-0.2, 0) is 28.4 Å². The highest BCUT2D eigenvalue weighted by atomic mass is 32.2. The highest BCUT2D eigenvalue weighted by Crippen LogP contribution is 2.26. The molecule has 0 bridgehead atoms. The maximum atomic E-state index is 13.1. The minimum Gasteiger partial charge on any atom is -0.408 e. The molecular weight excluding hydrogens is 406 g/mol. The van der Waals surface area contributed by atoms with Gasteiger partial charge in [-0.15, -0.1) is 0 Å². The zero-order valence-electron chi connectivity index (χ0n) is 16.6. The van der Waals surface area contributed by atoms with E-state index in [9.17, 15) is 18.0 Å². The number of rotatable bonds is 5. The second-order valence-electron chi connectivity index (χ2n) is 7.46. The van der Waals surface area contributed by atoms with E-state index in [0.29, 0.717) is 31.4 Å². The molecule has 158 valence electrons. The molecule has 1 unspecified atom stereocenters. The van der Waals surface area contributed by atoms with Gasteiger partial charge in [-0.3, -0.25) is 9.36 Å². The number of fused-ring (bicyclic) bond motifs is 1. The Labute approximate surface area is 174 Å².